The fourth-order valence-electron chi connectivity index (χ4n) is 0.825. The van der Waals surface area contributed by atoms with E-state index in [9.17, 15) is 0 Å². The van der Waals surface area contributed by atoms with Crippen molar-refractivity contribution in [3.8, 4) is 17.9 Å². The Kier molecular flexibility index (Phi) is 4.13. The minimum absolute atomic E-state index is 0.125. The van der Waals surface area contributed by atoms with Gasteiger partial charge in [0.2, 0.25) is 0 Å². The van der Waals surface area contributed by atoms with Crippen molar-refractivity contribution >= 4 is 0 Å². The number of aromatic nitrogens is 2. The molecule has 0 aliphatic rings. The third-order valence-electron chi connectivity index (χ3n) is 1.47. The van der Waals surface area contributed by atoms with E-state index in [1.807, 2.05) is 6.07 Å². The van der Waals surface area contributed by atoms with E-state index >= 15 is 0 Å². The lowest BCUT2D eigenvalue weighted by atomic mass is 10.3. The van der Waals surface area contributed by atoms with Crippen LogP contribution in [0.2, 0.25) is 0 Å². The van der Waals surface area contributed by atoms with Crippen molar-refractivity contribution in [3.05, 3.63) is 23.8 Å². The van der Waals surface area contributed by atoms with Crippen LogP contribution in [-0.4, -0.2) is 21.7 Å². The standard InChI is InChI=1S/C10H9N3O/c11-8-10-9(12-5-6-13-10)4-2-1-3-7-14/h5-6,14H,1,3,7H2. The predicted octanol–water partition coefficient (Wildman–Crippen LogP) is 0.472. The van der Waals surface area contributed by atoms with Crippen molar-refractivity contribution < 1.29 is 5.11 Å². The van der Waals surface area contributed by atoms with Crippen LogP contribution in [0.5, 0.6) is 0 Å². The van der Waals surface area contributed by atoms with Gasteiger partial charge in [-0.3, -0.25) is 0 Å². The Bertz CT molecular complexity index is 398. The van der Waals surface area contributed by atoms with Crippen LogP contribution in [0, 0.1) is 23.2 Å². The van der Waals surface area contributed by atoms with Gasteiger partial charge in [-0.1, -0.05) is 5.92 Å². The van der Waals surface area contributed by atoms with E-state index in [1.54, 1.807) is 0 Å². The van der Waals surface area contributed by atoms with Crippen molar-refractivity contribution in [1.29, 1.82) is 5.26 Å². The molecule has 0 aromatic carbocycles. The molecule has 0 bridgehead atoms. The minimum Gasteiger partial charge on any atom is -0.396 e. The lowest BCUT2D eigenvalue weighted by molar-refractivity contribution is 0.290. The fourth-order valence-corrected chi connectivity index (χ4v) is 0.825. The molecule has 1 N–H and O–H groups in total. The van der Waals surface area contributed by atoms with Crippen molar-refractivity contribution in [3.63, 3.8) is 0 Å². The molecule has 1 rings (SSSR count). The average Bonchev–Trinajstić information content (AvgIpc) is 2.25. The van der Waals surface area contributed by atoms with Crippen molar-refractivity contribution in [2.75, 3.05) is 6.61 Å². The van der Waals surface area contributed by atoms with Gasteiger partial charge in [-0.25, -0.2) is 9.97 Å². The first-order valence-electron chi connectivity index (χ1n) is 4.19. The maximum atomic E-state index is 8.66. The molecule has 0 atom stereocenters. The van der Waals surface area contributed by atoms with E-state index in [2.05, 4.69) is 21.8 Å². The van der Waals surface area contributed by atoms with Crippen LogP contribution in [0.4, 0.5) is 0 Å². The quantitative estimate of drug-likeness (QED) is 0.539. The van der Waals surface area contributed by atoms with E-state index in [0.717, 1.165) is 0 Å². The Morgan fingerprint density at radius 1 is 1.29 bits per heavy atom. The second kappa shape index (κ2) is 5.69. The summed E-state index contributed by atoms with van der Waals surface area (Å²) in [5, 5.41) is 17.2. The lowest BCUT2D eigenvalue weighted by Crippen LogP contribution is -1.91. The molecule has 0 amide bonds. The highest BCUT2D eigenvalue weighted by Crippen LogP contribution is 1.97. The van der Waals surface area contributed by atoms with E-state index in [0.29, 0.717) is 18.5 Å². The SMILES string of the molecule is N#Cc1nccnc1C#CCCCO. The van der Waals surface area contributed by atoms with Gasteiger partial charge in [-0.15, -0.1) is 0 Å². The molecule has 0 radical (unpaired) electrons. The van der Waals surface area contributed by atoms with Gasteiger partial charge in [0.05, 0.1) is 0 Å². The summed E-state index contributed by atoms with van der Waals surface area (Å²) in [5.41, 5.74) is 0.636. The molecule has 14 heavy (non-hydrogen) atoms. The number of hydrogen-bond acceptors (Lipinski definition) is 4. The Balaban J connectivity index is 2.74. The third-order valence-corrected chi connectivity index (χ3v) is 1.47. The maximum absolute atomic E-state index is 8.66. The number of aliphatic hydroxyl groups excluding tert-OH is 1. The largest absolute Gasteiger partial charge is 0.396 e. The highest BCUT2D eigenvalue weighted by molar-refractivity contribution is 5.37. The molecular weight excluding hydrogens is 178 g/mol. The topological polar surface area (TPSA) is 69.8 Å². The molecule has 1 aromatic rings. The summed E-state index contributed by atoms with van der Waals surface area (Å²) >= 11 is 0. The number of rotatable bonds is 2. The average molecular weight is 187 g/mol. The first-order chi connectivity index (χ1) is 6.88. The number of aliphatic hydroxyl groups is 1. The molecule has 0 saturated heterocycles. The van der Waals surface area contributed by atoms with E-state index in [-0.39, 0.29) is 12.3 Å². The summed E-state index contributed by atoms with van der Waals surface area (Å²) < 4.78 is 0. The van der Waals surface area contributed by atoms with Gasteiger partial charge >= 0.3 is 0 Å². The number of unbranched alkanes of at least 4 members (excludes halogenated alkanes) is 1. The summed E-state index contributed by atoms with van der Waals surface area (Å²) in [6.45, 7) is 0.125. The molecule has 0 aliphatic heterocycles. The second-order valence-corrected chi connectivity index (χ2v) is 2.49. The van der Waals surface area contributed by atoms with E-state index in [1.165, 1.54) is 12.4 Å². The maximum Gasteiger partial charge on any atom is 0.174 e. The highest BCUT2D eigenvalue weighted by atomic mass is 16.2. The molecule has 4 heteroatoms. The molecule has 0 unspecified atom stereocenters. The van der Waals surface area contributed by atoms with Gasteiger partial charge in [0.25, 0.3) is 0 Å². The Morgan fingerprint density at radius 2 is 2.00 bits per heavy atom. The molecule has 0 saturated carbocycles. The number of hydrogen-bond donors (Lipinski definition) is 1. The predicted molar refractivity (Wildman–Crippen MR) is 49.9 cm³/mol. The third kappa shape index (κ3) is 2.85. The number of nitrogens with zero attached hydrogens (tertiary/aromatic N) is 3. The molecular formula is C10H9N3O. The smallest absolute Gasteiger partial charge is 0.174 e. The summed E-state index contributed by atoms with van der Waals surface area (Å²) in [6, 6.07) is 1.91. The Labute approximate surface area is 82.2 Å². The van der Waals surface area contributed by atoms with Gasteiger partial charge < -0.3 is 5.11 Å². The summed E-state index contributed by atoms with van der Waals surface area (Å²) in [5.74, 6) is 5.56. The van der Waals surface area contributed by atoms with E-state index < -0.39 is 0 Å². The molecule has 0 spiro atoms. The Morgan fingerprint density at radius 3 is 2.64 bits per heavy atom. The van der Waals surface area contributed by atoms with Crippen LogP contribution in [-0.2, 0) is 0 Å². The zero-order valence-electron chi connectivity index (χ0n) is 7.56. The fraction of sp³-hybridized carbons (Fsp3) is 0.300. The summed E-state index contributed by atoms with van der Waals surface area (Å²) in [4.78, 5) is 7.75. The van der Waals surface area contributed by atoms with Crippen molar-refractivity contribution in [2.24, 2.45) is 0 Å². The van der Waals surface area contributed by atoms with Crippen molar-refractivity contribution in [1.82, 2.24) is 9.97 Å². The van der Waals surface area contributed by atoms with Gasteiger partial charge in [0, 0.05) is 25.4 Å². The summed E-state index contributed by atoms with van der Waals surface area (Å²) in [7, 11) is 0. The minimum atomic E-state index is 0.125. The molecule has 0 aliphatic carbocycles. The lowest BCUT2D eigenvalue weighted by Gasteiger charge is -1.90. The van der Waals surface area contributed by atoms with Crippen LogP contribution in [0.15, 0.2) is 12.4 Å². The van der Waals surface area contributed by atoms with Gasteiger partial charge in [-0.05, 0) is 12.3 Å². The van der Waals surface area contributed by atoms with Crippen LogP contribution in [0.3, 0.4) is 0 Å². The van der Waals surface area contributed by atoms with Gasteiger partial charge in [0.1, 0.15) is 11.8 Å². The van der Waals surface area contributed by atoms with E-state index in [4.69, 9.17) is 10.4 Å². The number of nitriles is 1. The van der Waals surface area contributed by atoms with Crippen LogP contribution >= 0.6 is 0 Å². The van der Waals surface area contributed by atoms with Gasteiger partial charge in [0.15, 0.2) is 5.69 Å². The molecule has 4 nitrogen and oxygen atoms in total. The zero-order valence-corrected chi connectivity index (χ0v) is 7.56. The van der Waals surface area contributed by atoms with Gasteiger partial charge in [-0.2, -0.15) is 5.26 Å². The zero-order chi connectivity index (χ0) is 10.2. The first kappa shape index (κ1) is 10.2. The molecule has 0 fully saturated rings. The van der Waals surface area contributed by atoms with Crippen LogP contribution in [0.25, 0.3) is 0 Å². The highest BCUT2D eigenvalue weighted by Gasteiger charge is 1.98. The molecule has 1 aromatic heterocycles. The van der Waals surface area contributed by atoms with Crippen LogP contribution < -0.4 is 0 Å². The van der Waals surface area contributed by atoms with Crippen molar-refractivity contribution in [2.45, 2.75) is 12.8 Å². The monoisotopic (exact) mass is 187 g/mol. The Hall–Kier alpha value is -1.91. The summed E-state index contributed by atoms with van der Waals surface area (Å²) in [6.07, 6.45) is 4.18. The van der Waals surface area contributed by atoms with Crippen LogP contribution in [0.1, 0.15) is 24.2 Å². The molecule has 1 heterocycles. The molecule has 70 valence electrons. The normalized spacial score (nSPS) is 8.57. The second-order valence-electron chi connectivity index (χ2n) is 2.49. The first-order valence-corrected chi connectivity index (χ1v) is 4.19.